The van der Waals surface area contributed by atoms with Crippen molar-refractivity contribution in [2.45, 2.75) is 33.4 Å². The van der Waals surface area contributed by atoms with E-state index in [1.165, 1.54) is 28.3 Å². The molecule has 0 fully saturated rings. The van der Waals surface area contributed by atoms with E-state index in [-0.39, 0.29) is 23.0 Å². The van der Waals surface area contributed by atoms with Gasteiger partial charge in [0.05, 0.1) is 6.54 Å². The lowest BCUT2D eigenvalue weighted by Gasteiger charge is -2.33. The van der Waals surface area contributed by atoms with Crippen molar-refractivity contribution in [3.63, 3.8) is 0 Å². The lowest BCUT2D eigenvalue weighted by Crippen LogP contribution is -2.40. The van der Waals surface area contributed by atoms with Gasteiger partial charge in [0.1, 0.15) is 5.82 Å². The summed E-state index contributed by atoms with van der Waals surface area (Å²) >= 11 is 6.18. The molecule has 1 aliphatic heterocycles. The Kier molecular flexibility index (Phi) is 5.56. The summed E-state index contributed by atoms with van der Waals surface area (Å²) in [5, 5.41) is 0.166. The van der Waals surface area contributed by atoms with Crippen molar-refractivity contribution in [3.05, 3.63) is 85.3 Å². The van der Waals surface area contributed by atoms with Crippen LogP contribution in [0.3, 0.4) is 0 Å². The molecule has 4 aromatic rings. The zero-order valence-corrected chi connectivity index (χ0v) is 20.0. The van der Waals surface area contributed by atoms with Gasteiger partial charge in [0.25, 0.3) is 5.56 Å². The minimum atomic E-state index is -0.570. The van der Waals surface area contributed by atoms with Gasteiger partial charge in [-0.05, 0) is 42.2 Å². The highest BCUT2D eigenvalue weighted by molar-refractivity contribution is 6.31. The fraction of sp³-hybridized carbons (Fsp3) is 0.320. The number of imidazole rings is 1. The number of halogens is 2. The molecule has 0 saturated carbocycles. The molecule has 0 unspecified atom stereocenters. The van der Waals surface area contributed by atoms with E-state index in [4.69, 9.17) is 16.6 Å². The van der Waals surface area contributed by atoms with Gasteiger partial charge in [0, 0.05) is 36.4 Å². The zero-order chi connectivity index (χ0) is 24.1. The van der Waals surface area contributed by atoms with Crippen molar-refractivity contribution < 1.29 is 4.39 Å². The van der Waals surface area contributed by atoms with Crippen molar-refractivity contribution in [1.82, 2.24) is 18.7 Å². The van der Waals surface area contributed by atoms with Gasteiger partial charge in [0.2, 0.25) is 5.95 Å². The predicted octanol–water partition coefficient (Wildman–Crippen LogP) is 4.09. The molecule has 0 bridgehead atoms. The summed E-state index contributed by atoms with van der Waals surface area (Å²) in [6.07, 6.45) is 0.947. The Morgan fingerprint density at radius 2 is 1.85 bits per heavy atom. The molecule has 0 N–H and O–H groups in total. The van der Waals surface area contributed by atoms with Crippen LogP contribution >= 0.6 is 11.6 Å². The Labute approximate surface area is 200 Å². The quantitative estimate of drug-likeness (QED) is 0.440. The molecular formula is C25H25ClFN5O2. The van der Waals surface area contributed by atoms with Crippen LogP contribution in [0.15, 0.2) is 52.1 Å². The second kappa shape index (κ2) is 8.43. The highest BCUT2D eigenvalue weighted by Gasteiger charge is 2.30. The number of rotatable bonds is 4. The van der Waals surface area contributed by atoms with Crippen LogP contribution in [0, 0.1) is 11.7 Å². The van der Waals surface area contributed by atoms with E-state index < -0.39 is 17.1 Å². The maximum Gasteiger partial charge on any atom is 0.332 e. The van der Waals surface area contributed by atoms with Gasteiger partial charge in [-0.3, -0.25) is 13.9 Å². The van der Waals surface area contributed by atoms with Crippen LogP contribution in [0.1, 0.15) is 25.0 Å². The molecule has 0 amide bonds. The number of hydrogen-bond acceptors (Lipinski definition) is 4. The summed E-state index contributed by atoms with van der Waals surface area (Å²) in [4.78, 5) is 33.5. The third-order valence-electron chi connectivity index (χ3n) is 6.48. The summed E-state index contributed by atoms with van der Waals surface area (Å²) in [5.74, 6) is 0.292. The minimum absolute atomic E-state index is 0.104. The molecule has 3 heterocycles. The first-order chi connectivity index (χ1) is 16.3. The van der Waals surface area contributed by atoms with E-state index in [9.17, 15) is 14.0 Å². The van der Waals surface area contributed by atoms with Crippen molar-refractivity contribution >= 4 is 34.4 Å². The molecule has 0 saturated heterocycles. The summed E-state index contributed by atoms with van der Waals surface area (Å²) < 4.78 is 18.7. The van der Waals surface area contributed by atoms with Crippen LogP contribution in [0.2, 0.25) is 5.02 Å². The van der Waals surface area contributed by atoms with E-state index in [2.05, 4.69) is 43.0 Å². The summed E-state index contributed by atoms with van der Waals surface area (Å²) in [5.41, 5.74) is 1.87. The van der Waals surface area contributed by atoms with E-state index >= 15 is 0 Å². The van der Waals surface area contributed by atoms with Gasteiger partial charge in [-0.1, -0.05) is 43.6 Å². The standard InChI is InChI=1S/C25H25ClFN5O2/c1-4-16-8-10-17(11-9-16)30-12-15(2)13-31-21-22(28-24(30)31)29(3)25(34)32(23(21)33)14-18-19(26)6-5-7-20(18)27/h5-11,15H,4,12-14H2,1-3H3/t15-/m0/s1. The topological polar surface area (TPSA) is 65.1 Å². The Balaban J connectivity index is 1.71. The van der Waals surface area contributed by atoms with Crippen LogP contribution < -0.4 is 16.1 Å². The predicted molar refractivity (Wildman–Crippen MR) is 132 cm³/mol. The third-order valence-corrected chi connectivity index (χ3v) is 6.83. The maximum absolute atomic E-state index is 14.4. The molecule has 9 heteroatoms. The first-order valence-corrected chi connectivity index (χ1v) is 11.7. The minimum Gasteiger partial charge on any atom is -0.312 e. The molecule has 7 nitrogen and oxygen atoms in total. The SMILES string of the molecule is CCc1ccc(N2C[C@H](C)Cn3c2nc2c3c(=O)n(Cc3c(F)cccc3Cl)c(=O)n2C)cc1. The number of nitrogens with zero attached hydrogens (tertiary/aromatic N) is 5. The van der Waals surface area contributed by atoms with E-state index in [0.717, 1.165) is 23.2 Å². The molecule has 0 spiro atoms. The lowest BCUT2D eigenvalue weighted by molar-refractivity contribution is 0.458. The molecule has 0 aliphatic carbocycles. The number of aryl methyl sites for hydroxylation is 2. The zero-order valence-electron chi connectivity index (χ0n) is 19.3. The van der Waals surface area contributed by atoms with Gasteiger partial charge in [-0.25, -0.2) is 9.18 Å². The fourth-order valence-electron chi connectivity index (χ4n) is 4.62. The number of hydrogen-bond donors (Lipinski definition) is 0. The smallest absolute Gasteiger partial charge is 0.312 e. The summed E-state index contributed by atoms with van der Waals surface area (Å²) in [7, 11) is 1.58. The first kappa shape index (κ1) is 22.4. The van der Waals surface area contributed by atoms with Gasteiger partial charge in [0.15, 0.2) is 11.2 Å². The highest BCUT2D eigenvalue weighted by atomic mass is 35.5. The van der Waals surface area contributed by atoms with Crippen LogP contribution in [0.5, 0.6) is 0 Å². The molecule has 176 valence electrons. The van der Waals surface area contributed by atoms with E-state index in [1.807, 2.05) is 4.57 Å². The van der Waals surface area contributed by atoms with Gasteiger partial charge in [-0.15, -0.1) is 0 Å². The Bertz CT molecular complexity index is 1500. The average molecular weight is 482 g/mol. The average Bonchev–Trinajstić information content (AvgIpc) is 3.21. The molecule has 1 atom stereocenters. The molecule has 2 aromatic carbocycles. The van der Waals surface area contributed by atoms with Gasteiger partial charge >= 0.3 is 5.69 Å². The van der Waals surface area contributed by atoms with Crippen LogP contribution in [0.25, 0.3) is 11.2 Å². The molecule has 0 radical (unpaired) electrons. The van der Waals surface area contributed by atoms with Crippen molar-refractivity contribution in [2.75, 3.05) is 11.4 Å². The fourth-order valence-corrected chi connectivity index (χ4v) is 4.84. The van der Waals surface area contributed by atoms with Gasteiger partial charge < -0.3 is 9.47 Å². The monoisotopic (exact) mass is 481 g/mol. The number of fused-ring (bicyclic) bond motifs is 3. The van der Waals surface area contributed by atoms with Gasteiger partial charge in [-0.2, -0.15) is 4.98 Å². The van der Waals surface area contributed by atoms with Crippen LogP contribution in [-0.2, 0) is 26.6 Å². The number of anilines is 2. The van der Waals surface area contributed by atoms with E-state index in [1.54, 1.807) is 7.05 Å². The van der Waals surface area contributed by atoms with Crippen molar-refractivity contribution in [2.24, 2.45) is 13.0 Å². The Morgan fingerprint density at radius 3 is 2.53 bits per heavy atom. The molecular weight excluding hydrogens is 457 g/mol. The number of benzene rings is 2. The molecule has 2 aromatic heterocycles. The summed E-state index contributed by atoms with van der Waals surface area (Å²) in [6.45, 7) is 5.29. The maximum atomic E-state index is 14.4. The molecule has 5 rings (SSSR count). The normalized spacial score (nSPS) is 15.7. The third kappa shape index (κ3) is 3.53. The van der Waals surface area contributed by atoms with Crippen molar-refractivity contribution in [1.29, 1.82) is 0 Å². The summed E-state index contributed by atoms with van der Waals surface area (Å²) in [6, 6.07) is 12.6. The first-order valence-electron chi connectivity index (χ1n) is 11.3. The second-order valence-electron chi connectivity index (χ2n) is 8.86. The Hall–Kier alpha value is -3.39. The number of aromatic nitrogens is 4. The highest BCUT2D eigenvalue weighted by Crippen LogP contribution is 2.33. The second-order valence-corrected chi connectivity index (χ2v) is 9.27. The lowest BCUT2D eigenvalue weighted by atomic mass is 10.1. The van der Waals surface area contributed by atoms with E-state index in [0.29, 0.717) is 23.7 Å². The van der Waals surface area contributed by atoms with Crippen LogP contribution in [0.4, 0.5) is 16.0 Å². The van der Waals surface area contributed by atoms with Crippen LogP contribution in [-0.4, -0.2) is 25.2 Å². The largest absolute Gasteiger partial charge is 0.332 e. The molecule has 1 aliphatic rings. The van der Waals surface area contributed by atoms with Crippen molar-refractivity contribution in [3.8, 4) is 0 Å². The Morgan fingerprint density at radius 1 is 1.12 bits per heavy atom. The molecule has 34 heavy (non-hydrogen) atoms.